The van der Waals surface area contributed by atoms with Gasteiger partial charge in [-0.25, -0.2) is 9.69 Å². The molecule has 1 aliphatic rings. The van der Waals surface area contributed by atoms with Gasteiger partial charge in [-0.3, -0.25) is 19.7 Å². The number of hydrogen-bond donors (Lipinski definition) is 2. The SMILES string of the molecule is COc1ccc(N2C(=O)NC(=O)/C(=C\c3cc(Cl)c(OCC(=O)Nc4ccc(Cl)c(Cl)c4)c(OC)c3)C2=O)cc1. The average Bonchev–Trinajstić information content (AvgIpc) is 2.92. The van der Waals surface area contributed by atoms with E-state index in [1.54, 1.807) is 18.2 Å². The molecular weight excluding hydrogens is 585 g/mol. The van der Waals surface area contributed by atoms with Gasteiger partial charge in [-0.15, -0.1) is 0 Å². The first-order valence-corrected chi connectivity index (χ1v) is 12.6. The van der Waals surface area contributed by atoms with Crippen LogP contribution in [-0.4, -0.2) is 44.6 Å². The van der Waals surface area contributed by atoms with E-state index in [1.165, 1.54) is 56.7 Å². The third-order valence-corrected chi connectivity index (χ3v) is 6.57. The Morgan fingerprint density at radius 1 is 0.925 bits per heavy atom. The molecule has 3 aromatic carbocycles. The Bertz CT molecular complexity index is 1540. The van der Waals surface area contributed by atoms with E-state index in [-0.39, 0.29) is 32.8 Å². The topological polar surface area (TPSA) is 123 Å². The summed E-state index contributed by atoms with van der Waals surface area (Å²) in [5.41, 5.74) is 0.640. The van der Waals surface area contributed by atoms with Gasteiger partial charge in [0.25, 0.3) is 17.7 Å². The Morgan fingerprint density at radius 3 is 2.30 bits per heavy atom. The first kappa shape index (κ1) is 28.8. The highest BCUT2D eigenvalue weighted by Crippen LogP contribution is 2.37. The third kappa shape index (κ3) is 6.31. The molecule has 5 amide bonds. The van der Waals surface area contributed by atoms with E-state index in [9.17, 15) is 19.2 Å². The molecule has 0 atom stereocenters. The Balaban J connectivity index is 1.54. The van der Waals surface area contributed by atoms with Crippen molar-refractivity contribution in [3.63, 3.8) is 0 Å². The number of amides is 5. The molecule has 1 aliphatic heterocycles. The van der Waals surface area contributed by atoms with Crippen molar-refractivity contribution in [3.05, 3.63) is 80.8 Å². The second-order valence-electron chi connectivity index (χ2n) is 8.16. The number of nitrogens with zero attached hydrogens (tertiary/aromatic N) is 1. The van der Waals surface area contributed by atoms with Crippen LogP contribution >= 0.6 is 34.8 Å². The minimum atomic E-state index is -0.893. The van der Waals surface area contributed by atoms with Crippen molar-refractivity contribution in [1.29, 1.82) is 0 Å². The van der Waals surface area contributed by atoms with Crippen LogP contribution in [0.5, 0.6) is 17.2 Å². The molecule has 0 bridgehead atoms. The lowest BCUT2D eigenvalue weighted by Crippen LogP contribution is -2.54. The number of imide groups is 2. The maximum absolute atomic E-state index is 13.2. The molecule has 0 spiro atoms. The maximum atomic E-state index is 13.2. The molecule has 0 saturated carbocycles. The average molecular weight is 605 g/mol. The van der Waals surface area contributed by atoms with Gasteiger partial charge in [0.1, 0.15) is 11.3 Å². The van der Waals surface area contributed by atoms with E-state index in [4.69, 9.17) is 49.0 Å². The zero-order valence-electron chi connectivity index (χ0n) is 20.9. The molecule has 4 rings (SSSR count). The molecule has 1 fully saturated rings. The van der Waals surface area contributed by atoms with E-state index in [2.05, 4.69) is 10.6 Å². The smallest absolute Gasteiger partial charge is 0.335 e. The Labute approximate surface area is 243 Å². The van der Waals surface area contributed by atoms with Gasteiger partial charge >= 0.3 is 6.03 Å². The highest BCUT2D eigenvalue weighted by molar-refractivity contribution is 6.42. The number of rotatable bonds is 8. The number of nitrogens with one attached hydrogen (secondary N) is 2. The van der Waals surface area contributed by atoms with Crippen molar-refractivity contribution in [2.24, 2.45) is 0 Å². The van der Waals surface area contributed by atoms with Crippen LogP contribution in [0.1, 0.15) is 5.56 Å². The van der Waals surface area contributed by atoms with Crippen LogP contribution in [0.15, 0.2) is 60.2 Å². The van der Waals surface area contributed by atoms with Gasteiger partial charge in [-0.2, -0.15) is 0 Å². The van der Waals surface area contributed by atoms with Crippen LogP contribution in [0, 0.1) is 0 Å². The van der Waals surface area contributed by atoms with Gasteiger partial charge in [0.15, 0.2) is 18.1 Å². The number of halogens is 3. The van der Waals surface area contributed by atoms with Gasteiger partial charge in [-0.05, 0) is 66.2 Å². The molecule has 3 aromatic rings. The number of carbonyl (C=O) groups is 4. The second kappa shape index (κ2) is 12.3. The van der Waals surface area contributed by atoms with Crippen molar-refractivity contribution in [1.82, 2.24) is 5.32 Å². The number of barbiturate groups is 1. The van der Waals surface area contributed by atoms with Crippen molar-refractivity contribution in [2.75, 3.05) is 31.0 Å². The van der Waals surface area contributed by atoms with Crippen LogP contribution in [0.2, 0.25) is 15.1 Å². The molecule has 0 radical (unpaired) electrons. The highest BCUT2D eigenvalue weighted by atomic mass is 35.5. The van der Waals surface area contributed by atoms with Crippen molar-refractivity contribution in [2.45, 2.75) is 0 Å². The van der Waals surface area contributed by atoms with Crippen molar-refractivity contribution in [3.8, 4) is 17.2 Å². The molecule has 206 valence electrons. The molecule has 10 nitrogen and oxygen atoms in total. The summed E-state index contributed by atoms with van der Waals surface area (Å²) in [6.07, 6.45) is 1.26. The molecule has 0 aromatic heterocycles. The third-order valence-electron chi connectivity index (χ3n) is 5.55. The Hall–Kier alpha value is -4.25. The maximum Gasteiger partial charge on any atom is 0.335 e. The monoisotopic (exact) mass is 603 g/mol. The minimum absolute atomic E-state index is 0.0419. The predicted molar refractivity (Wildman–Crippen MR) is 151 cm³/mol. The van der Waals surface area contributed by atoms with E-state index < -0.39 is 30.4 Å². The van der Waals surface area contributed by atoms with Gasteiger partial charge in [-0.1, -0.05) is 34.8 Å². The van der Waals surface area contributed by atoms with Crippen LogP contribution < -0.4 is 29.7 Å². The summed E-state index contributed by atoms with van der Waals surface area (Å²) in [6, 6.07) is 12.7. The lowest BCUT2D eigenvalue weighted by molar-refractivity contribution is -0.122. The normalized spacial score (nSPS) is 14.2. The Morgan fingerprint density at radius 2 is 1.65 bits per heavy atom. The zero-order valence-corrected chi connectivity index (χ0v) is 23.2. The molecular formula is C27H20Cl3N3O7. The summed E-state index contributed by atoms with van der Waals surface area (Å²) in [6.45, 7) is -0.420. The van der Waals surface area contributed by atoms with Gasteiger partial charge in [0, 0.05) is 5.69 Å². The van der Waals surface area contributed by atoms with E-state index >= 15 is 0 Å². The van der Waals surface area contributed by atoms with E-state index in [1.807, 2.05) is 0 Å². The number of ether oxygens (including phenoxy) is 3. The highest BCUT2D eigenvalue weighted by Gasteiger charge is 2.37. The van der Waals surface area contributed by atoms with Crippen LogP contribution in [0.25, 0.3) is 6.08 Å². The van der Waals surface area contributed by atoms with Gasteiger partial charge in [0.05, 0.1) is 35.0 Å². The fraction of sp³-hybridized carbons (Fsp3) is 0.111. The number of benzene rings is 3. The molecule has 0 aliphatic carbocycles. The number of hydrogen-bond acceptors (Lipinski definition) is 7. The molecule has 1 heterocycles. The minimum Gasteiger partial charge on any atom is -0.497 e. The van der Waals surface area contributed by atoms with Crippen molar-refractivity contribution < 1.29 is 33.4 Å². The largest absolute Gasteiger partial charge is 0.497 e. The fourth-order valence-electron chi connectivity index (χ4n) is 3.66. The molecule has 1 saturated heterocycles. The summed E-state index contributed by atoms with van der Waals surface area (Å²) in [5.74, 6) is -1.51. The Kier molecular flexibility index (Phi) is 8.83. The predicted octanol–water partition coefficient (Wildman–Crippen LogP) is 5.35. The summed E-state index contributed by atoms with van der Waals surface area (Å²) < 4.78 is 16.0. The quantitative estimate of drug-likeness (QED) is 0.263. The summed E-state index contributed by atoms with van der Waals surface area (Å²) in [4.78, 5) is 51.4. The number of methoxy groups -OCH3 is 2. The van der Waals surface area contributed by atoms with Crippen LogP contribution in [0.4, 0.5) is 16.2 Å². The number of urea groups is 1. The number of carbonyl (C=O) groups excluding carboxylic acids is 4. The molecule has 40 heavy (non-hydrogen) atoms. The fourth-order valence-corrected chi connectivity index (χ4v) is 4.23. The van der Waals surface area contributed by atoms with Crippen LogP contribution in [-0.2, 0) is 14.4 Å². The zero-order chi connectivity index (χ0) is 29.0. The molecule has 2 N–H and O–H groups in total. The number of anilines is 2. The standard InChI is InChI=1S/C27H20Cl3N3O7/c1-38-17-6-4-16(5-7-17)33-26(36)18(25(35)32-27(33)37)9-14-10-21(30)24(22(11-14)39-2)40-13-23(34)31-15-3-8-19(28)20(29)12-15/h3-12H,13H2,1-2H3,(H,31,34)(H,32,35,37)/b18-9+. The first-order chi connectivity index (χ1) is 19.1. The second-order valence-corrected chi connectivity index (χ2v) is 9.38. The van der Waals surface area contributed by atoms with Crippen molar-refractivity contribution >= 4 is 76.0 Å². The lowest BCUT2D eigenvalue weighted by Gasteiger charge is -2.26. The summed E-state index contributed by atoms with van der Waals surface area (Å²) in [7, 11) is 2.84. The molecule has 13 heteroatoms. The summed E-state index contributed by atoms with van der Waals surface area (Å²) >= 11 is 18.3. The van der Waals surface area contributed by atoms with Gasteiger partial charge in [0.2, 0.25) is 0 Å². The van der Waals surface area contributed by atoms with E-state index in [0.717, 1.165) is 4.90 Å². The van der Waals surface area contributed by atoms with Gasteiger partial charge < -0.3 is 19.5 Å². The summed E-state index contributed by atoms with van der Waals surface area (Å²) in [5, 5.41) is 5.43. The lowest BCUT2D eigenvalue weighted by atomic mass is 10.1. The first-order valence-electron chi connectivity index (χ1n) is 11.4. The van der Waals surface area contributed by atoms with E-state index in [0.29, 0.717) is 22.0 Å². The molecule has 0 unspecified atom stereocenters. The van der Waals surface area contributed by atoms with Crippen LogP contribution in [0.3, 0.4) is 0 Å².